The number of aryl methyl sites for hydroxylation is 2. The van der Waals surface area contributed by atoms with E-state index in [9.17, 15) is 15.0 Å². The van der Waals surface area contributed by atoms with Gasteiger partial charge in [-0.1, -0.05) is 24.3 Å². The van der Waals surface area contributed by atoms with E-state index in [-0.39, 0.29) is 5.43 Å². The Morgan fingerprint density at radius 3 is 2.41 bits per heavy atom. The van der Waals surface area contributed by atoms with Crippen LogP contribution in [0.4, 0.5) is 0 Å². The minimum Gasteiger partial charge on any atom is -0.485 e. The van der Waals surface area contributed by atoms with Crippen molar-refractivity contribution in [3.8, 4) is 5.75 Å². The molecule has 0 spiro atoms. The molecule has 5 heteroatoms. The first kappa shape index (κ1) is 18.2. The molecule has 0 amide bonds. The number of aliphatic hydroxyl groups is 2. The fourth-order valence-corrected chi connectivity index (χ4v) is 4.61. The number of aliphatic hydroxyl groups excluding tert-OH is 2. The van der Waals surface area contributed by atoms with Crippen molar-refractivity contribution in [3.63, 3.8) is 0 Å². The van der Waals surface area contributed by atoms with Crippen LogP contribution < -0.4 is 10.2 Å². The van der Waals surface area contributed by atoms with Crippen LogP contribution in [0.3, 0.4) is 0 Å². The summed E-state index contributed by atoms with van der Waals surface area (Å²) in [5, 5.41) is 24.8. The molecule has 2 heterocycles. The molecule has 1 aromatic heterocycles. The Kier molecular flexibility index (Phi) is 3.64. The number of hydrogen-bond acceptors (Lipinski definition) is 4. The van der Waals surface area contributed by atoms with Crippen LogP contribution in [0.25, 0.3) is 32.6 Å². The zero-order valence-electron chi connectivity index (χ0n) is 16.9. The molecule has 1 aliphatic heterocycles. The monoisotopic (exact) mass is 389 g/mol. The molecule has 0 saturated carbocycles. The first-order valence-corrected chi connectivity index (χ1v) is 9.74. The average molecular weight is 389 g/mol. The predicted octanol–water partition coefficient (Wildman–Crippen LogP) is 3.72. The number of ether oxygens (including phenoxy) is 1. The van der Waals surface area contributed by atoms with Gasteiger partial charge in [-0.2, -0.15) is 0 Å². The highest BCUT2D eigenvalue weighted by Crippen LogP contribution is 2.44. The number of benzene rings is 3. The molecule has 0 radical (unpaired) electrons. The highest BCUT2D eigenvalue weighted by atomic mass is 16.5. The maximum absolute atomic E-state index is 13.5. The Labute approximate surface area is 167 Å². The topological polar surface area (TPSA) is 71.7 Å². The van der Waals surface area contributed by atoms with E-state index in [0.29, 0.717) is 27.6 Å². The molecule has 5 nitrogen and oxygen atoms in total. The van der Waals surface area contributed by atoms with Crippen molar-refractivity contribution in [1.82, 2.24) is 4.57 Å². The lowest BCUT2D eigenvalue weighted by atomic mass is 9.86. The summed E-state index contributed by atoms with van der Waals surface area (Å²) in [6.45, 7) is 5.37. The SMILES string of the molecule is Cc1cc2c(c3c1c(=O)c1cc4ccccc4cc1n3C)[C@@H](O)[C@@H](O)C(C)(C)O2. The fourth-order valence-electron chi connectivity index (χ4n) is 4.61. The number of fused-ring (bicyclic) bond motifs is 5. The first-order valence-electron chi connectivity index (χ1n) is 9.74. The molecule has 5 rings (SSSR count). The van der Waals surface area contributed by atoms with Gasteiger partial charge >= 0.3 is 0 Å². The number of aromatic nitrogens is 1. The quantitative estimate of drug-likeness (QED) is 0.450. The fraction of sp³-hybridized carbons (Fsp3) is 0.292. The van der Waals surface area contributed by atoms with Gasteiger partial charge in [0.1, 0.15) is 23.6 Å². The molecule has 0 aliphatic carbocycles. The second kappa shape index (κ2) is 5.81. The molecular weight excluding hydrogens is 366 g/mol. The van der Waals surface area contributed by atoms with E-state index >= 15 is 0 Å². The zero-order valence-corrected chi connectivity index (χ0v) is 16.9. The highest BCUT2D eigenvalue weighted by molar-refractivity contribution is 6.03. The van der Waals surface area contributed by atoms with Crippen LogP contribution in [0.2, 0.25) is 0 Å². The summed E-state index contributed by atoms with van der Waals surface area (Å²) in [7, 11) is 1.89. The van der Waals surface area contributed by atoms with Crippen LogP contribution in [0.1, 0.15) is 31.1 Å². The molecule has 1 aliphatic rings. The van der Waals surface area contributed by atoms with E-state index in [0.717, 1.165) is 21.9 Å². The van der Waals surface area contributed by atoms with Crippen molar-refractivity contribution in [3.05, 3.63) is 63.8 Å². The number of nitrogens with zero attached hydrogens (tertiary/aromatic N) is 1. The Balaban J connectivity index is 2.00. The standard InChI is InChI=1S/C24H23NO4/c1-12-9-17-19(22(27)23(28)24(2,3)29-17)20-18(12)21(26)15-10-13-7-5-6-8-14(13)11-16(15)25(20)4/h5-11,22-23,27-28H,1-4H3/t22-,23-/m1/s1. The summed E-state index contributed by atoms with van der Waals surface area (Å²) in [5.41, 5.74) is 1.63. The van der Waals surface area contributed by atoms with Crippen molar-refractivity contribution in [2.75, 3.05) is 0 Å². The normalized spacial score (nSPS) is 20.8. The van der Waals surface area contributed by atoms with Gasteiger partial charge in [0.2, 0.25) is 0 Å². The molecular formula is C24H23NO4. The minimum atomic E-state index is -1.15. The van der Waals surface area contributed by atoms with Crippen LogP contribution >= 0.6 is 0 Å². The first-order chi connectivity index (χ1) is 13.7. The van der Waals surface area contributed by atoms with Gasteiger partial charge in [0, 0.05) is 23.4 Å². The van der Waals surface area contributed by atoms with Gasteiger partial charge in [0.25, 0.3) is 0 Å². The molecule has 148 valence electrons. The maximum atomic E-state index is 13.5. The smallest absolute Gasteiger partial charge is 0.197 e. The number of hydrogen-bond donors (Lipinski definition) is 2. The molecule has 2 atom stereocenters. The van der Waals surface area contributed by atoms with Gasteiger partial charge in [0.05, 0.1) is 11.0 Å². The van der Waals surface area contributed by atoms with Crippen molar-refractivity contribution in [2.45, 2.75) is 38.6 Å². The van der Waals surface area contributed by atoms with Gasteiger partial charge in [-0.3, -0.25) is 4.79 Å². The summed E-state index contributed by atoms with van der Waals surface area (Å²) < 4.78 is 7.98. The largest absolute Gasteiger partial charge is 0.485 e. The van der Waals surface area contributed by atoms with Crippen molar-refractivity contribution in [1.29, 1.82) is 0 Å². The van der Waals surface area contributed by atoms with Crippen LogP contribution in [0.15, 0.2) is 47.3 Å². The lowest BCUT2D eigenvalue weighted by Gasteiger charge is -2.40. The van der Waals surface area contributed by atoms with E-state index < -0.39 is 17.8 Å². The van der Waals surface area contributed by atoms with Gasteiger partial charge in [-0.25, -0.2) is 0 Å². The summed E-state index contributed by atoms with van der Waals surface area (Å²) in [4.78, 5) is 13.5. The average Bonchev–Trinajstić information content (AvgIpc) is 2.68. The summed E-state index contributed by atoms with van der Waals surface area (Å²) in [6.07, 6.45) is -2.26. The molecule has 0 unspecified atom stereocenters. The van der Waals surface area contributed by atoms with Crippen LogP contribution in [-0.4, -0.2) is 26.5 Å². The Hall–Kier alpha value is -2.89. The van der Waals surface area contributed by atoms with Crippen LogP contribution in [0.5, 0.6) is 5.75 Å². The van der Waals surface area contributed by atoms with Crippen LogP contribution in [0, 0.1) is 6.92 Å². The molecule has 4 aromatic rings. The van der Waals surface area contributed by atoms with Gasteiger partial charge in [-0.05, 0) is 55.3 Å². The molecule has 29 heavy (non-hydrogen) atoms. The summed E-state index contributed by atoms with van der Waals surface area (Å²) in [5.74, 6) is 0.507. The zero-order chi connectivity index (χ0) is 20.7. The van der Waals surface area contributed by atoms with Gasteiger partial charge < -0.3 is 19.5 Å². The Morgan fingerprint density at radius 1 is 1.07 bits per heavy atom. The molecule has 3 aromatic carbocycles. The lowest BCUT2D eigenvalue weighted by molar-refractivity contribution is -0.111. The predicted molar refractivity (Wildman–Crippen MR) is 115 cm³/mol. The third-order valence-corrected chi connectivity index (χ3v) is 6.21. The third kappa shape index (κ3) is 2.38. The Bertz CT molecular complexity index is 1380. The third-order valence-electron chi connectivity index (χ3n) is 6.21. The van der Waals surface area contributed by atoms with Crippen molar-refractivity contribution >= 4 is 32.6 Å². The minimum absolute atomic E-state index is 0.0781. The maximum Gasteiger partial charge on any atom is 0.197 e. The summed E-state index contributed by atoms with van der Waals surface area (Å²) in [6, 6.07) is 13.6. The Morgan fingerprint density at radius 2 is 1.72 bits per heavy atom. The van der Waals surface area contributed by atoms with Gasteiger partial charge in [-0.15, -0.1) is 0 Å². The highest BCUT2D eigenvalue weighted by Gasteiger charge is 2.43. The molecule has 0 saturated heterocycles. The van der Waals surface area contributed by atoms with Crippen LogP contribution in [-0.2, 0) is 7.05 Å². The summed E-state index contributed by atoms with van der Waals surface area (Å²) >= 11 is 0. The van der Waals surface area contributed by atoms with E-state index in [1.54, 1.807) is 19.9 Å². The van der Waals surface area contributed by atoms with Gasteiger partial charge in [0.15, 0.2) is 5.43 Å². The number of pyridine rings is 1. The second-order valence-corrected chi connectivity index (χ2v) is 8.53. The van der Waals surface area contributed by atoms with E-state index in [2.05, 4.69) is 0 Å². The van der Waals surface area contributed by atoms with E-state index in [1.165, 1.54) is 0 Å². The molecule has 0 bridgehead atoms. The molecule has 2 N–H and O–H groups in total. The van der Waals surface area contributed by atoms with Crippen molar-refractivity contribution in [2.24, 2.45) is 7.05 Å². The number of rotatable bonds is 0. The van der Waals surface area contributed by atoms with Crippen molar-refractivity contribution < 1.29 is 14.9 Å². The molecule has 0 fully saturated rings. The second-order valence-electron chi connectivity index (χ2n) is 8.53. The lowest BCUT2D eigenvalue weighted by Crippen LogP contribution is -2.49. The van der Waals surface area contributed by atoms with E-state index in [4.69, 9.17) is 4.74 Å². The van der Waals surface area contributed by atoms with E-state index in [1.807, 2.05) is 54.9 Å².